The minimum Gasteiger partial charge on any atom is -0.481 e. The summed E-state index contributed by atoms with van der Waals surface area (Å²) in [5.41, 5.74) is 0. The first-order valence-electron chi connectivity index (χ1n) is 5.54. The van der Waals surface area contributed by atoms with Gasteiger partial charge in [0.2, 0.25) is 0 Å². The fraction of sp³-hybridized carbons (Fsp3) is 0.818. The predicted molar refractivity (Wildman–Crippen MR) is 56.6 cm³/mol. The van der Waals surface area contributed by atoms with Gasteiger partial charge in [-0.1, -0.05) is 19.8 Å². The molecule has 0 atom stereocenters. The Morgan fingerprint density at radius 2 is 1.73 bits per heavy atom. The highest BCUT2D eigenvalue weighted by Crippen LogP contribution is 2.02. The monoisotopic (exact) mass is 216 g/mol. The van der Waals surface area contributed by atoms with Crippen molar-refractivity contribution in [3.63, 3.8) is 0 Å². The van der Waals surface area contributed by atoms with Crippen LogP contribution in [0.15, 0.2) is 0 Å². The summed E-state index contributed by atoms with van der Waals surface area (Å²) in [6, 6.07) is 0. The van der Waals surface area contributed by atoms with Gasteiger partial charge in [0.1, 0.15) is 0 Å². The van der Waals surface area contributed by atoms with Crippen LogP contribution in [0, 0.1) is 0 Å². The van der Waals surface area contributed by atoms with Crippen LogP contribution in [0.3, 0.4) is 0 Å². The second kappa shape index (κ2) is 9.49. The highest BCUT2D eigenvalue weighted by atomic mass is 16.5. The number of carboxylic acids is 1. The third kappa shape index (κ3) is 10.9. The molecule has 1 N–H and O–H groups in total. The third-order valence-electron chi connectivity index (χ3n) is 2.03. The Bertz CT molecular complexity index is 189. The van der Waals surface area contributed by atoms with Gasteiger partial charge in [0.15, 0.2) is 0 Å². The molecule has 0 aromatic carbocycles. The van der Waals surface area contributed by atoms with Gasteiger partial charge in [0.25, 0.3) is 0 Å². The molecule has 4 nitrogen and oxygen atoms in total. The summed E-state index contributed by atoms with van der Waals surface area (Å²) in [5, 5.41) is 8.36. The van der Waals surface area contributed by atoms with Gasteiger partial charge in [-0.05, 0) is 19.3 Å². The Morgan fingerprint density at radius 1 is 1.07 bits per heavy atom. The van der Waals surface area contributed by atoms with Crippen molar-refractivity contribution in [1.29, 1.82) is 0 Å². The van der Waals surface area contributed by atoms with Gasteiger partial charge < -0.3 is 9.84 Å². The average molecular weight is 216 g/mol. The second-order valence-corrected chi connectivity index (χ2v) is 3.53. The molecular formula is C11H20O4. The third-order valence-corrected chi connectivity index (χ3v) is 2.03. The lowest BCUT2D eigenvalue weighted by Crippen LogP contribution is -2.06. The molecule has 0 bridgehead atoms. The first kappa shape index (κ1) is 13.9. The smallest absolute Gasteiger partial charge is 0.305 e. The van der Waals surface area contributed by atoms with Crippen LogP contribution in [-0.2, 0) is 14.3 Å². The lowest BCUT2D eigenvalue weighted by atomic mass is 10.2. The Morgan fingerprint density at radius 3 is 2.33 bits per heavy atom. The van der Waals surface area contributed by atoms with Crippen molar-refractivity contribution in [2.24, 2.45) is 0 Å². The van der Waals surface area contributed by atoms with Crippen molar-refractivity contribution < 1.29 is 19.4 Å². The van der Waals surface area contributed by atoms with E-state index in [1.807, 2.05) is 0 Å². The molecule has 0 fully saturated rings. The molecule has 0 saturated heterocycles. The number of carbonyl (C=O) groups is 2. The fourth-order valence-electron chi connectivity index (χ4n) is 1.16. The summed E-state index contributed by atoms with van der Waals surface area (Å²) in [4.78, 5) is 21.2. The number of aliphatic carboxylic acids is 1. The van der Waals surface area contributed by atoms with Crippen LogP contribution in [0.5, 0.6) is 0 Å². The maximum Gasteiger partial charge on any atom is 0.305 e. The first-order chi connectivity index (χ1) is 7.16. The van der Waals surface area contributed by atoms with E-state index in [-0.39, 0.29) is 12.4 Å². The van der Waals surface area contributed by atoms with Crippen LogP contribution in [0.1, 0.15) is 51.9 Å². The topological polar surface area (TPSA) is 63.6 Å². The van der Waals surface area contributed by atoms with Crippen LogP contribution in [-0.4, -0.2) is 23.7 Å². The van der Waals surface area contributed by atoms with E-state index in [0.717, 1.165) is 19.3 Å². The number of unbranched alkanes of at least 4 members (excludes halogenated alkanes) is 3. The van der Waals surface area contributed by atoms with E-state index in [2.05, 4.69) is 6.92 Å². The van der Waals surface area contributed by atoms with Gasteiger partial charge in [-0.3, -0.25) is 9.59 Å². The number of carboxylic acid groups (broad SMARTS) is 1. The van der Waals surface area contributed by atoms with E-state index in [4.69, 9.17) is 9.84 Å². The van der Waals surface area contributed by atoms with Crippen molar-refractivity contribution in [3.8, 4) is 0 Å². The standard InChI is InChI=1S/C11H20O4/c1-2-3-4-8-11(14)15-9-6-5-7-10(12)13/h2-9H2,1H3,(H,12,13). The van der Waals surface area contributed by atoms with Crippen LogP contribution >= 0.6 is 0 Å². The molecule has 0 aliphatic rings. The van der Waals surface area contributed by atoms with Crippen molar-refractivity contribution >= 4 is 11.9 Å². The molecule has 0 aliphatic heterocycles. The van der Waals surface area contributed by atoms with Crippen LogP contribution in [0.2, 0.25) is 0 Å². The molecule has 0 aromatic heterocycles. The summed E-state index contributed by atoms with van der Waals surface area (Å²) in [5.74, 6) is -0.969. The quantitative estimate of drug-likeness (QED) is 0.474. The molecule has 0 spiro atoms. The van der Waals surface area contributed by atoms with Crippen molar-refractivity contribution in [2.45, 2.75) is 51.9 Å². The van der Waals surface area contributed by atoms with E-state index >= 15 is 0 Å². The van der Waals surface area contributed by atoms with E-state index in [1.165, 1.54) is 0 Å². The number of esters is 1. The fourth-order valence-corrected chi connectivity index (χ4v) is 1.16. The van der Waals surface area contributed by atoms with Crippen LogP contribution < -0.4 is 0 Å². The molecule has 0 rings (SSSR count). The molecule has 0 heterocycles. The van der Waals surface area contributed by atoms with Gasteiger partial charge in [0, 0.05) is 12.8 Å². The highest BCUT2D eigenvalue weighted by molar-refractivity contribution is 5.69. The van der Waals surface area contributed by atoms with Crippen molar-refractivity contribution in [3.05, 3.63) is 0 Å². The number of hydrogen-bond acceptors (Lipinski definition) is 3. The normalized spacial score (nSPS) is 9.93. The molecule has 4 heteroatoms. The lowest BCUT2D eigenvalue weighted by Gasteiger charge is -2.03. The Labute approximate surface area is 90.6 Å². The molecular weight excluding hydrogens is 196 g/mol. The number of hydrogen-bond donors (Lipinski definition) is 1. The summed E-state index contributed by atoms with van der Waals surface area (Å²) < 4.78 is 4.94. The minimum absolute atomic E-state index is 0.146. The molecule has 0 saturated carbocycles. The zero-order valence-electron chi connectivity index (χ0n) is 9.33. The van der Waals surface area contributed by atoms with Gasteiger partial charge in [0.05, 0.1) is 6.61 Å². The summed E-state index contributed by atoms with van der Waals surface area (Å²) in [7, 11) is 0. The first-order valence-corrected chi connectivity index (χ1v) is 5.54. The maximum atomic E-state index is 11.1. The Kier molecular flexibility index (Phi) is 8.82. The highest BCUT2D eigenvalue weighted by Gasteiger charge is 2.02. The lowest BCUT2D eigenvalue weighted by molar-refractivity contribution is -0.143. The van der Waals surface area contributed by atoms with Gasteiger partial charge in [-0.2, -0.15) is 0 Å². The van der Waals surface area contributed by atoms with E-state index in [0.29, 0.717) is 25.9 Å². The van der Waals surface area contributed by atoms with E-state index in [9.17, 15) is 9.59 Å². The number of rotatable bonds is 9. The summed E-state index contributed by atoms with van der Waals surface area (Å²) >= 11 is 0. The molecule has 0 radical (unpaired) electrons. The van der Waals surface area contributed by atoms with Gasteiger partial charge >= 0.3 is 11.9 Å². The van der Waals surface area contributed by atoms with E-state index in [1.54, 1.807) is 0 Å². The molecule has 0 unspecified atom stereocenters. The SMILES string of the molecule is CCCCCC(=O)OCCCCC(=O)O. The minimum atomic E-state index is -0.802. The molecule has 0 aliphatic carbocycles. The Hall–Kier alpha value is -1.06. The van der Waals surface area contributed by atoms with Gasteiger partial charge in [-0.15, -0.1) is 0 Å². The molecule has 15 heavy (non-hydrogen) atoms. The average Bonchev–Trinajstić information content (AvgIpc) is 2.17. The summed E-state index contributed by atoms with van der Waals surface area (Å²) in [6.45, 7) is 2.43. The molecule has 0 amide bonds. The second-order valence-electron chi connectivity index (χ2n) is 3.53. The molecule has 0 aromatic rings. The number of carbonyl (C=O) groups excluding carboxylic acids is 1. The van der Waals surface area contributed by atoms with Crippen LogP contribution in [0.4, 0.5) is 0 Å². The van der Waals surface area contributed by atoms with Crippen molar-refractivity contribution in [1.82, 2.24) is 0 Å². The maximum absolute atomic E-state index is 11.1. The van der Waals surface area contributed by atoms with Crippen LogP contribution in [0.25, 0.3) is 0 Å². The predicted octanol–water partition coefficient (Wildman–Crippen LogP) is 2.36. The Balaban J connectivity index is 3.20. The van der Waals surface area contributed by atoms with E-state index < -0.39 is 5.97 Å². The van der Waals surface area contributed by atoms with Crippen molar-refractivity contribution in [2.75, 3.05) is 6.61 Å². The summed E-state index contributed by atoms with van der Waals surface area (Å²) in [6.07, 6.45) is 4.84. The van der Waals surface area contributed by atoms with Gasteiger partial charge in [-0.25, -0.2) is 0 Å². The largest absolute Gasteiger partial charge is 0.481 e. The zero-order chi connectivity index (χ0) is 11.5. The number of ether oxygens (including phenoxy) is 1. The zero-order valence-corrected chi connectivity index (χ0v) is 9.33. The molecule has 88 valence electrons.